The molecule has 3 aliphatic rings. The number of hydrogen-bond donors (Lipinski definition) is 1. The summed E-state index contributed by atoms with van der Waals surface area (Å²) >= 11 is 0. The molecule has 226 valence electrons. The Morgan fingerprint density at radius 2 is 1.59 bits per heavy atom. The first-order valence-corrected chi connectivity index (χ1v) is 16.1. The van der Waals surface area contributed by atoms with Gasteiger partial charge >= 0.3 is 5.97 Å². The molecule has 4 aromatic rings. The molecule has 0 bridgehead atoms. The molecular weight excluding hydrogens is 548 g/mol. The van der Waals surface area contributed by atoms with Crippen LogP contribution in [0.15, 0.2) is 78.9 Å². The Hall–Kier alpha value is -4.16. The number of anilines is 1. The average molecular weight is 589 g/mol. The third-order valence-corrected chi connectivity index (χ3v) is 10.0. The first-order chi connectivity index (χ1) is 21.5. The van der Waals surface area contributed by atoms with Crippen molar-refractivity contribution in [3.63, 3.8) is 0 Å². The van der Waals surface area contributed by atoms with E-state index >= 15 is 0 Å². The van der Waals surface area contributed by atoms with E-state index in [0.29, 0.717) is 32.2 Å². The lowest BCUT2D eigenvalue weighted by Crippen LogP contribution is -2.46. The Balaban J connectivity index is 1.32. The minimum Gasteiger partial charge on any atom is -0.478 e. The van der Waals surface area contributed by atoms with Crippen LogP contribution in [0.25, 0.3) is 21.9 Å². The molecule has 2 atom stereocenters. The lowest BCUT2D eigenvalue weighted by molar-refractivity contribution is -0.133. The van der Waals surface area contributed by atoms with Crippen molar-refractivity contribution >= 4 is 28.3 Å². The van der Waals surface area contributed by atoms with E-state index in [1.807, 2.05) is 11.0 Å². The molecule has 4 aromatic carbocycles. The monoisotopic (exact) mass is 588 g/mol. The number of carboxylic acids is 1. The van der Waals surface area contributed by atoms with Crippen molar-refractivity contribution in [2.45, 2.75) is 51.0 Å². The predicted octanol–water partition coefficient (Wildman–Crippen LogP) is 7.60. The first-order valence-electron chi connectivity index (χ1n) is 16.1. The largest absolute Gasteiger partial charge is 0.478 e. The Labute approximate surface area is 259 Å². The van der Waals surface area contributed by atoms with Gasteiger partial charge in [0.05, 0.1) is 31.4 Å². The van der Waals surface area contributed by atoms with Gasteiger partial charge in [-0.2, -0.15) is 0 Å². The minimum atomic E-state index is -0.944. The van der Waals surface area contributed by atoms with E-state index in [9.17, 15) is 14.7 Å². The quantitative estimate of drug-likeness (QED) is 0.251. The summed E-state index contributed by atoms with van der Waals surface area (Å²) < 4.78 is 5.52. The topological polar surface area (TPSA) is 70.1 Å². The molecular formula is C38H40N2O4. The summed E-state index contributed by atoms with van der Waals surface area (Å²) in [5, 5.41) is 12.3. The maximum absolute atomic E-state index is 13.8. The number of benzene rings is 4. The Morgan fingerprint density at radius 3 is 2.36 bits per heavy atom. The van der Waals surface area contributed by atoms with Gasteiger partial charge in [0.25, 0.3) is 0 Å². The van der Waals surface area contributed by atoms with Crippen LogP contribution in [0.4, 0.5) is 5.69 Å². The number of carboxylic acid groups (broad SMARTS) is 1. The summed E-state index contributed by atoms with van der Waals surface area (Å²) in [6.07, 6.45) is 5.99. The first kappa shape index (κ1) is 28.6. The van der Waals surface area contributed by atoms with Crippen LogP contribution in [-0.4, -0.2) is 54.7 Å². The van der Waals surface area contributed by atoms with E-state index in [1.54, 1.807) is 12.1 Å². The van der Waals surface area contributed by atoms with E-state index in [2.05, 4.69) is 72.5 Å². The van der Waals surface area contributed by atoms with Crippen LogP contribution < -0.4 is 4.90 Å². The Bertz CT molecular complexity index is 1700. The molecule has 7 rings (SSSR count). The molecule has 1 saturated carbocycles. The highest BCUT2D eigenvalue weighted by atomic mass is 16.5. The molecule has 1 saturated heterocycles. The fraction of sp³-hybridized carbons (Fsp3) is 0.368. The number of carbonyl (C=O) groups is 2. The Kier molecular flexibility index (Phi) is 7.85. The molecule has 1 N–H and O–H groups in total. The van der Waals surface area contributed by atoms with E-state index in [0.717, 1.165) is 18.5 Å². The zero-order valence-corrected chi connectivity index (χ0v) is 25.4. The second-order valence-electron chi connectivity index (χ2n) is 12.8. The molecule has 1 aliphatic carbocycles. The van der Waals surface area contributed by atoms with Crippen LogP contribution in [0.3, 0.4) is 0 Å². The average Bonchev–Trinajstić information content (AvgIpc) is 3.38. The van der Waals surface area contributed by atoms with Crippen LogP contribution in [0, 0.1) is 12.8 Å². The van der Waals surface area contributed by atoms with Crippen LogP contribution in [0.5, 0.6) is 0 Å². The summed E-state index contributed by atoms with van der Waals surface area (Å²) in [6.45, 7) is 4.61. The van der Waals surface area contributed by atoms with Crippen molar-refractivity contribution in [1.29, 1.82) is 0 Å². The summed E-state index contributed by atoms with van der Waals surface area (Å²) in [7, 11) is 0. The number of rotatable bonds is 6. The molecule has 2 fully saturated rings. The van der Waals surface area contributed by atoms with Crippen molar-refractivity contribution in [3.8, 4) is 11.1 Å². The van der Waals surface area contributed by atoms with Crippen LogP contribution >= 0.6 is 0 Å². The van der Waals surface area contributed by atoms with Crippen LogP contribution in [-0.2, 0) is 9.53 Å². The van der Waals surface area contributed by atoms with Gasteiger partial charge in [0.1, 0.15) is 0 Å². The normalized spacial score (nSPS) is 20.6. The number of fused-ring (bicyclic) bond motifs is 2. The summed E-state index contributed by atoms with van der Waals surface area (Å²) in [4.78, 5) is 30.0. The summed E-state index contributed by atoms with van der Waals surface area (Å²) in [6, 6.07) is 27.5. The van der Waals surface area contributed by atoms with E-state index < -0.39 is 5.97 Å². The maximum atomic E-state index is 13.8. The number of ether oxygens (including phenoxy) is 1. The number of carbonyl (C=O) groups excluding carboxylic acids is 1. The highest BCUT2D eigenvalue weighted by molar-refractivity contribution is 5.92. The lowest BCUT2D eigenvalue weighted by Gasteiger charge is -2.37. The number of aryl methyl sites for hydroxylation is 1. The molecule has 2 aliphatic heterocycles. The van der Waals surface area contributed by atoms with Crippen molar-refractivity contribution in [2.24, 2.45) is 5.92 Å². The molecule has 0 radical (unpaired) electrons. The van der Waals surface area contributed by atoms with Gasteiger partial charge in [-0.3, -0.25) is 4.79 Å². The third kappa shape index (κ3) is 5.48. The standard InChI is InChI=1S/C38H40N2O4/c1-25-6-5-9-27(20-25)28-10-11-30-22-31(13-12-29(30)21-28)37-36(26-7-3-2-4-8-26)33-15-14-32(38(42)43)23-34(33)40(37)24-35(41)39-16-18-44-19-17-39/h5-6,9-15,20-23,26,36-37H,2-4,7-8,16-19,24H2,1H3,(H,42,43). The van der Waals surface area contributed by atoms with Gasteiger partial charge < -0.3 is 19.6 Å². The second kappa shape index (κ2) is 12.1. The van der Waals surface area contributed by atoms with E-state index in [1.165, 1.54) is 57.9 Å². The Morgan fingerprint density at radius 1 is 0.841 bits per heavy atom. The van der Waals surface area contributed by atoms with Gasteiger partial charge in [-0.1, -0.05) is 79.4 Å². The van der Waals surface area contributed by atoms with Crippen LogP contribution in [0.1, 0.15) is 71.1 Å². The van der Waals surface area contributed by atoms with Gasteiger partial charge in [0.15, 0.2) is 0 Å². The minimum absolute atomic E-state index is 0.0528. The number of hydrogen-bond acceptors (Lipinski definition) is 4. The molecule has 0 aromatic heterocycles. The molecule has 6 nitrogen and oxygen atoms in total. The third-order valence-electron chi connectivity index (χ3n) is 10.0. The van der Waals surface area contributed by atoms with E-state index in [-0.39, 0.29) is 30.0 Å². The fourth-order valence-corrected chi connectivity index (χ4v) is 7.81. The summed E-state index contributed by atoms with van der Waals surface area (Å²) in [5.41, 5.74) is 7.16. The lowest BCUT2D eigenvalue weighted by atomic mass is 9.73. The predicted molar refractivity (Wildman–Crippen MR) is 174 cm³/mol. The number of nitrogens with zero attached hydrogens (tertiary/aromatic N) is 2. The van der Waals surface area contributed by atoms with Gasteiger partial charge in [0.2, 0.25) is 5.91 Å². The van der Waals surface area contributed by atoms with E-state index in [4.69, 9.17) is 4.74 Å². The van der Waals surface area contributed by atoms with Gasteiger partial charge in [0, 0.05) is 24.7 Å². The van der Waals surface area contributed by atoms with Crippen molar-refractivity contribution < 1.29 is 19.4 Å². The molecule has 6 heteroatoms. The highest BCUT2D eigenvalue weighted by Gasteiger charge is 2.45. The number of amides is 1. The molecule has 44 heavy (non-hydrogen) atoms. The van der Waals surface area contributed by atoms with Crippen molar-refractivity contribution in [2.75, 3.05) is 37.7 Å². The van der Waals surface area contributed by atoms with Crippen molar-refractivity contribution in [1.82, 2.24) is 4.90 Å². The molecule has 1 amide bonds. The maximum Gasteiger partial charge on any atom is 0.335 e. The van der Waals surface area contributed by atoms with Gasteiger partial charge in [-0.05, 0) is 83.0 Å². The van der Waals surface area contributed by atoms with Gasteiger partial charge in [-0.25, -0.2) is 4.79 Å². The molecule has 2 heterocycles. The zero-order chi connectivity index (χ0) is 30.2. The smallest absolute Gasteiger partial charge is 0.335 e. The zero-order valence-electron chi connectivity index (χ0n) is 25.4. The molecule has 0 spiro atoms. The number of morpholine rings is 1. The summed E-state index contributed by atoms with van der Waals surface area (Å²) in [5.74, 6) is -0.210. The van der Waals surface area contributed by atoms with Crippen molar-refractivity contribution in [3.05, 3.63) is 101 Å². The fourth-order valence-electron chi connectivity index (χ4n) is 7.81. The highest BCUT2D eigenvalue weighted by Crippen LogP contribution is 2.55. The number of aromatic carboxylic acids is 1. The van der Waals surface area contributed by atoms with Crippen LogP contribution in [0.2, 0.25) is 0 Å². The van der Waals surface area contributed by atoms with Gasteiger partial charge in [-0.15, -0.1) is 0 Å². The second-order valence-corrected chi connectivity index (χ2v) is 12.8. The molecule has 2 unspecified atom stereocenters. The SMILES string of the molecule is Cc1cccc(-c2ccc3cc(C4C(C5CCCCC5)c5ccc(C(=O)O)cc5N4CC(=O)N4CCOCC4)ccc3c2)c1.